The van der Waals surface area contributed by atoms with E-state index in [9.17, 15) is 0 Å². The first-order chi connectivity index (χ1) is 10.0. The zero-order valence-corrected chi connectivity index (χ0v) is 13.2. The molecule has 0 atom stereocenters. The van der Waals surface area contributed by atoms with Crippen LogP contribution in [-0.2, 0) is 0 Å². The van der Waals surface area contributed by atoms with Crippen molar-refractivity contribution in [2.75, 3.05) is 19.5 Å². The second-order valence-corrected chi connectivity index (χ2v) is 5.10. The molecule has 2 aromatic carbocycles. The summed E-state index contributed by atoms with van der Waals surface area (Å²) >= 11 is 11.1. The first kappa shape index (κ1) is 15.4. The van der Waals surface area contributed by atoms with E-state index in [4.69, 9.17) is 39.0 Å². The van der Waals surface area contributed by atoms with Gasteiger partial charge in [0.15, 0.2) is 11.5 Å². The van der Waals surface area contributed by atoms with E-state index >= 15 is 0 Å². The number of methoxy groups -OCH3 is 2. The molecular formula is C15H15ClN2O2S. The molecule has 0 aromatic heterocycles. The van der Waals surface area contributed by atoms with Crippen LogP contribution in [0.3, 0.4) is 0 Å². The van der Waals surface area contributed by atoms with Crippen LogP contribution in [0.1, 0.15) is 5.56 Å². The summed E-state index contributed by atoms with van der Waals surface area (Å²) in [4.78, 5) is 0.276. The van der Waals surface area contributed by atoms with Gasteiger partial charge in [0, 0.05) is 23.0 Å². The Hall–Kier alpha value is -1.98. The van der Waals surface area contributed by atoms with Crippen molar-refractivity contribution in [1.29, 1.82) is 0 Å². The van der Waals surface area contributed by atoms with Gasteiger partial charge in [0.25, 0.3) is 0 Å². The number of halogens is 1. The van der Waals surface area contributed by atoms with Crippen LogP contribution in [0.4, 0.5) is 11.4 Å². The molecule has 0 radical (unpaired) electrons. The normalized spacial score (nSPS) is 10.0. The summed E-state index contributed by atoms with van der Waals surface area (Å²) in [5, 5.41) is 3.74. The molecule has 0 aliphatic heterocycles. The van der Waals surface area contributed by atoms with E-state index in [0.29, 0.717) is 22.1 Å². The predicted octanol–water partition coefficient (Wildman–Crippen LogP) is 3.74. The number of hydrogen-bond acceptors (Lipinski definition) is 4. The van der Waals surface area contributed by atoms with Gasteiger partial charge in [-0.3, -0.25) is 0 Å². The number of anilines is 2. The Labute approximate surface area is 133 Å². The van der Waals surface area contributed by atoms with E-state index in [1.807, 2.05) is 24.3 Å². The molecule has 0 saturated carbocycles. The molecule has 110 valence electrons. The highest BCUT2D eigenvalue weighted by Gasteiger charge is 2.07. The summed E-state index contributed by atoms with van der Waals surface area (Å²) in [6.45, 7) is 0. The van der Waals surface area contributed by atoms with Crippen LogP contribution >= 0.6 is 23.8 Å². The fraction of sp³-hybridized carbons (Fsp3) is 0.133. The van der Waals surface area contributed by atoms with E-state index in [0.717, 1.165) is 11.4 Å². The van der Waals surface area contributed by atoms with Crippen LogP contribution < -0.4 is 20.5 Å². The maximum Gasteiger partial charge on any atom is 0.162 e. The van der Waals surface area contributed by atoms with Crippen molar-refractivity contribution >= 4 is 40.2 Å². The average Bonchev–Trinajstić information content (AvgIpc) is 2.46. The van der Waals surface area contributed by atoms with Crippen LogP contribution in [0.25, 0.3) is 0 Å². The van der Waals surface area contributed by atoms with Gasteiger partial charge in [-0.15, -0.1) is 0 Å². The molecule has 4 nitrogen and oxygen atoms in total. The fourth-order valence-corrected chi connectivity index (χ4v) is 2.39. The Morgan fingerprint density at radius 1 is 1.05 bits per heavy atom. The molecule has 0 saturated heterocycles. The van der Waals surface area contributed by atoms with E-state index in [1.165, 1.54) is 0 Å². The molecule has 0 fully saturated rings. The Balaban J connectivity index is 2.26. The number of rotatable bonds is 5. The van der Waals surface area contributed by atoms with Gasteiger partial charge < -0.3 is 20.5 Å². The molecule has 3 N–H and O–H groups in total. The fourth-order valence-electron chi connectivity index (χ4n) is 1.87. The van der Waals surface area contributed by atoms with E-state index in [1.54, 1.807) is 26.4 Å². The zero-order chi connectivity index (χ0) is 15.4. The van der Waals surface area contributed by atoms with Crippen LogP contribution in [0.5, 0.6) is 11.5 Å². The van der Waals surface area contributed by atoms with Crippen molar-refractivity contribution in [2.45, 2.75) is 0 Å². The van der Waals surface area contributed by atoms with Crippen molar-refractivity contribution in [2.24, 2.45) is 5.73 Å². The smallest absolute Gasteiger partial charge is 0.162 e. The predicted molar refractivity (Wildman–Crippen MR) is 90.2 cm³/mol. The Morgan fingerprint density at radius 3 is 2.24 bits per heavy atom. The molecule has 0 unspecified atom stereocenters. The summed E-state index contributed by atoms with van der Waals surface area (Å²) in [5.74, 6) is 1.32. The SMILES string of the molecule is COc1ccc(Nc2ccc(C(N)=S)c(Cl)c2)cc1OC. The monoisotopic (exact) mass is 322 g/mol. The minimum Gasteiger partial charge on any atom is -0.493 e. The lowest BCUT2D eigenvalue weighted by atomic mass is 10.2. The third-order valence-electron chi connectivity index (χ3n) is 2.91. The largest absolute Gasteiger partial charge is 0.493 e. The Morgan fingerprint density at radius 2 is 1.67 bits per heavy atom. The lowest BCUT2D eigenvalue weighted by molar-refractivity contribution is 0.355. The second-order valence-electron chi connectivity index (χ2n) is 4.25. The molecule has 0 spiro atoms. The van der Waals surface area contributed by atoms with Crippen molar-refractivity contribution in [3.8, 4) is 11.5 Å². The van der Waals surface area contributed by atoms with Crippen LogP contribution in [-0.4, -0.2) is 19.2 Å². The molecule has 2 aromatic rings. The standard InChI is InChI=1S/C15H15ClN2O2S/c1-19-13-6-4-10(8-14(13)20-2)18-9-3-5-11(15(17)21)12(16)7-9/h3-8,18H,1-2H3,(H2,17,21). The van der Waals surface area contributed by atoms with Crippen molar-refractivity contribution in [3.63, 3.8) is 0 Å². The van der Waals surface area contributed by atoms with E-state index in [-0.39, 0.29) is 4.99 Å². The van der Waals surface area contributed by atoms with Crippen molar-refractivity contribution < 1.29 is 9.47 Å². The van der Waals surface area contributed by atoms with Crippen LogP contribution in [0.2, 0.25) is 5.02 Å². The van der Waals surface area contributed by atoms with Gasteiger partial charge in [-0.25, -0.2) is 0 Å². The number of benzene rings is 2. The lowest BCUT2D eigenvalue weighted by Crippen LogP contribution is -2.09. The lowest BCUT2D eigenvalue weighted by Gasteiger charge is -2.12. The van der Waals surface area contributed by atoms with Gasteiger partial charge in [0.2, 0.25) is 0 Å². The molecule has 0 aliphatic carbocycles. The molecule has 0 amide bonds. The van der Waals surface area contributed by atoms with Crippen LogP contribution in [0, 0.1) is 0 Å². The highest BCUT2D eigenvalue weighted by molar-refractivity contribution is 7.80. The number of ether oxygens (including phenoxy) is 2. The third-order valence-corrected chi connectivity index (χ3v) is 3.44. The average molecular weight is 323 g/mol. The summed E-state index contributed by atoms with van der Waals surface area (Å²) < 4.78 is 10.5. The minimum atomic E-state index is 0.276. The van der Waals surface area contributed by atoms with E-state index in [2.05, 4.69) is 5.32 Å². The number of hydrogen-bond donors (Lipinski definition) is 2. The van der Waals surface area contributed by atoms with Gasteiger partial charge in [-0.05, 0) is 30.3 Å². The van der Waals surface area contributed by atoms with Crippen molar-refractivity contribution in [3.05, 3.63) is 47.0 Å². The molecule has 6 heteroatoms. The number of thiocarbonyl (C=S) groups is 1. The molecular weight excluding hydrogens is 308 g/mol. The molecule has 0 heterocycles. The van der Waals surface area contributed by atoms with Gasteiger partial charge in [0.1, 0.15) is 4.99 Å². The summed E-state index contributed by atoms with van der Waals surface area (Å²) in [6.07, 6.45) is 0. The quantitative estimate of drug-likeness (QED) is 0.821. The minimum absolute atomic E-state index is 0.276. The number of nitrogens with two attached hydrogens (primary N) is 1. The number of nitrogens with one attached hydrogen (secondary N) is 1. The summed E-state index contributed by atoms with van der Waals surface area (Å²) in [5.41, 5.74) is 7.92. The zero-order valence-electron chi connectivity index (χ0n) is 11.6. The summed E-state index contributed by atoms with van der Waals surface area (Å²) in [7, 11) is 3.19. The first-order valence-corrected chi connectivity index (χ1v) is 6.92. The topological polar surface area (TPSA) is 56.5 Å². The second kappa shape index (κ2) is 6.65. The Bertz CT molecular complexity index is 677. The molecule has 2 rings (SSSR count). The first-order valence-electron chi connectivity index (χ1n) is 6.13. The molecule has 21 heavy (non-hydrogen) atoms. The highest BCUT2D eigenvalue weighted by Crippen LogP contribution is 2.31. The molecule has 0 aliphatic rings. The van der Waals surface area contributed by atoms with Crippen LogP contribution in [0.15, 0.2) is 36.4 Å². The maximum atomic E-state index is 6.14. The summed E-state index contributed by atoms with van der Waals surface area (Å²) in [6, 6.07) is 11.0. The third kappa shape index (κ3) is 3.56. The molecule has 0 bridgehead atoms. The van der Waals surface area contributed by atoms with Gasteiger partial charge >= 0.3 is 0 Å². The highest BCUT2D eigenvalue weighted by atomic mass is 35.5. The Kier molecular flexibility index (Phi) is 4.88. The van der Waals surface area contributed by atoms with E-state index < -0.39 is 0 Å². The van der Waals surface area contributed by atoms with Crippen molar-refractivity contribution in [1.82, 2.24) is 0 Å². The van der Waals surface area contributed by atoms with Gasteiger partial charge in [0.05, 0.1) is 19.2 Å². The van der Waals surface area contributed by atoms with Gasteiger partial charge in [-0.1, -0.05) is 23.8 Å². The maximum absolute atomic E-state index is 6.14. The van der Waals surface area contributed by atoms with Gasteiger partial charge in [-0.2, -0.15) is 0 Å².